The lowest BCUT2D eigenvalue weighted by molar-refractivity contribution is -0.0494. The summed E-state index contributed by atoms with van der Waals surface area (Å²) in [5.74, 6) is 0.358. The minimum atomic E-state index is -2.93. The van der Waals surface area contributed by atoms with Gasteiger partial charge in [-0.25, -0.2) is 4.98 Å². The predicted octanol–water partition coefficient (Wildman–Crippen LogP) is 3.35. The van der Waals surface area contributed by atoms with Crippen molar-refractivity contribution in [3.05, 3.63) is 30.0 Å². The van der Waals surface area contributed by atoms with E-state index in [4.69, 9.17) is 10.3 Å². The van der Waals surface area contributed by atoms with Crippen molar-refractivity contribution < 1.29 is 18.0 Å². The van der Waals surface area contributed by atoms with Crippen molar-refractivity contribution in [2.45, 2.75) is 13.5 Å². The number of para-hydroxylation sites is 1. The van der Waals surface area contributed by atoms with E-state index in [0.29, 0.717) is 21.3 Å². The minimum Gasteiger partial charge on any atom is -0.434 e. The molecule has 0 atom stereocenters. The zero-order valence-electron chi connectivity index (χ0n) is 11.3. The lowest BCUT2D eigenvalue weighted by atomic mass is 10.2. The molecule has 2 N–H and O–H groups in total. The van der Waals surface area contributed by atoms with E-state index in [0.717, 1.165) is 0 Å². The van der Waals surface area contributed by atoms with Gasteiger partial charge in [0.1, 0.15) is 10.6 Å². The molecule has 0 fully saturated rings. The van der Waals surface area contributed by atoms with Crippen molar-refractivity contribution in [3.8, 4) is 27.9 Å². The first-order chi connectivity index (χ1) is 10.5. The van der Waals surface area contributed by atoms with Crippen LogP contribution in [0.1, 0.15) is 5.69 Å². The van der Waals surface area contributed by atoms with Crippen molar-refractivity contribution in [1.29, 1.82) is 0 Å². The fourth-order valence-corrected chi connectivity index (χ4v) is 2.65. The summed E-state index contributed by atoms with van der Waals surface area (Å²) in [7, 11) is 0. The zero-order valence-corrected chi connectivity index (χ0v) is 12.1. The molecular formula is C13H10F2N4O2S. The highest BCUT2D eigenvalue weighted by atomic mass is 32.1. The maximum absolute atomic E-state index is 12.4. The average molecular weight is 324 g/mol. The van der Waals surface area contributed by atoms with Gasteiger partial charge in [0.05, 0.1) is 11.3 Å². The molecule has 22 heavy (non-hydrogen) atoms. The quantitative estimate of drug-likeness (QED) is 0.792. The first kappa shape index (κ1) is 14.4. The van der Waals surface area contributed by atoms with Crippen molar-refractivity contribution in [1.82, 2.24) is 15.1 Å². The normalized spacial score (nSPS) is 11.1. The molecule has 3 rings (SSSR count). The lowest BCUT2D eigenvalue weighted by Crippen LogP contribution is -2.03. The third-order valence-electron chi connectivity index (χ3n) is 2.78. The van der Waals surface area contributed by atoms with Crippen LogP contribution in [-0.2, 0) is 0 Å². The molecule has 0 bridgehead atoms. The van der Waals surface area contributed by atoms with Crippen LogP contribution >= 0.6 is 11.3 Å². The second kappa shape index (κ2) is 5.68. The van der Waals surface area contributed by atoms with Crippen LogP contribution in [0.2, 0.25) is 0 Å². The molecule has 0 aliphatic rings. The Hall–Kier alpha value is -2.55. The molecular weight excluding hydrogens is 314 g/mol. The average Bonchev–Trinajstić information content (AvgIpc) is 3.05. The van der Waals surface area contributed by atoms with Crippen LogP contribution in [0.4, 0.5) is 13.9 Å². The Morgan fingerprint density at radius 3 is 2.73 bits per heavy atom. The summed E-state index contributed by atoms with van der Waals surface area (Å²) in [6.45, 7) is -1.17. The summed E-state index contributed by atoms with van der Waals surface area (Å²) in [6, 6.07) is 6.23. The van der Waals surface area contributed by atoms with Crippen LogP contribution in [0.15, 0.2) is 28.8 Å². The number of anilines is 1. The first-order valence-electron chi connectivity index (χ1n) is 6.16. The second-order valence-electron chi connectivity index (χ2n) is 4.26. The van der Waals surface area contributed by atoms with Crippen molar-refractivity contribution in [2.24, 2.45) is 0 Å². The maximum atomic E-state index is 12.4. The molecule has 0 saturated heterocycles. The fraction of sp³-hybridized carbons (Fsp3) is 0.154. The van der Waals surface area contributed by atoms with E-state index in [1.807, 2.05) is 0 Å². The number of rotatable bonds is 4. The lowest BCUT2D eigenvalue weighted by Gasteiger charge is -2.07. The van der Waals surface area contributed by atoms with Crippen molar-refractivity contribution in [2.75, 3.05) is 5.73 Å². The highest BCUT2D eigenvalue weighted by Crippen LogP contribution is 2.34. The molecule has 0 aliphatic carbocycles. The fourth-order valence-electron chi connectivity index (χ4n) is 1.89. The number of aryl methyl sites for hydroxylation is 1. The minimum absolute atomic E-state index is 0.0228. The Balaban J connectivity index is 1.99. The summed E-state index contributed by atoms with van der Waals surface area (Å²) in [5.41, 5.74) is 6.60. The first-order valence-corrected chi connectivity index (χ1v) is 6.97. The van der Waals surface area contributed by atoms with E-state index in [9.17, 15) is 8.78 Å². The number of hydrogen-bond donors (Lipinski definition) is 1. The van der Waals surface area contributed by atoms with Gasteiger partial charge in [0.15, 0.2) is 5.13 Å². The molecule has 114 valence electrons. The summed E-state index contributed by atoms with van der Waals surface area (Å²) >= 11 is 1.21. The number of alkyl halides is 2. The number of nitrogens with zero attached hydrogens (tertiary/aromatic N) is 3. The Bertz CT molecular complexity index is 803. The molecule has 3 aromatic rings. The SMILES string of the molecule is Cc1nc(N)sc1-c1nc(-c2ccccc2OC(F)F)no1. The van der Waals surface area contributed by atoms with E-state index in [-0.39, 0.29) is 17.5 Å². The van der Waals surface area contributed by atoms with Crippen LogP contribution in [0, 0.1) is 6.92 Å². The number of ether oxygens (including phenoxy) is 1. The molecule has 0 aliphatic heterocycles. The molecule has 1 aromatic carbocycles. The van der Waals surface area contributed by atoms with Gasteiger partial charge in [0.25, 0.3) is 5.89 Å². The van der Waals surface area contributed by atoms with Crippen molar-refractivity contribution >= 4 is 16.5 Å². The summed E-state index contributed by atoms with van der Waals surface area (Å²) in [5, 5.41) is 4.19. The number of nitrogen functional groups attached to an aromatic ring is 1. The van der Waals surface area contributed by atoms with Gasteiger partial charge < -0.3 is 15.0 Å². The van der Waals surface area contributed by atoms with Gasteiger partial charge in [-0.05, 0) is 19.1 Å². The van der Waals surface area contributed by atoms with E-state index in [1.54, 1.807) is 25.1 Å². The third kappa shape index (κ3) is 2.75. The van der Waals surface area contributed by atoms with Gasteiger partial charge in [-0.15, -0.1) is 0 Å². The Morgan fingerprint density at radius 2 is 2.05 bits per heavy atom. The topological polar surface area (TPSA) is 87.1 Å². The monoisotopic (exact) mass is 324 g/mol. The van der Waals surface area contributed by atoms with E-state index >= 15 is 0 Å². The smallest absolute Gasteiger partial charge is 0.387 e. The number of nitrogens with two attached hydrogens (primary N) is 1. The van der Waals surface area contributed by atoms with Gasteiger partial charge in [-0.2, -0.15) is 13.8 Å². The molecule has 6 nitrogen and oxygen atoms in total. The molecule has 2 aromatic heterocycles. The molecule has 2 heterocycles. The summed E-state index contributed by atoms with van der Waals surface area (Å²) in [4.78, 5) is 8.92. The summed E-state index contributed by atoms with van der Waals surface area (Å²) in [6.07, 6.45) is 0. The van der Waals surface area contributed by atoms with Gasteiger partial charge in [-0.1, -0.05) is 28.6 Å². The molecule has 9 heteroatoms. The predicted molar refractivity (Wildman–Crippen MR) is 76.6 cm³/mol. The standard InChI is InChI=1S/C13H10F2N4O2S/c1-6-9(22-13(16)17-6)11-18-10(19-21-11)7-4-2-3-5-8(7)20-12(14)15/h2-5,12H,1H3,(H2,16,17). The van der Waals surface area contributed by atoms with Gasteiger partial charge in [0.2, 0.25) is 5.82 Å². The van der Waals surface area contributed by atoms with Crippen molar-refractivity contribution in [3.63, 3.8) is 0 Å². The van der Waals surface area contributed by atoms with Gasteiger partial charge in [0, 0.05) is 0 Å². The van der Waals surface area contributed by atoms with Crippen LogP contribution in [0.5, 0.6) is 5.75 Å². The number of benzene rings is 1. The number of thiazole rings is 1. The number of halogens is 2. The number of aromatic nitrogens is 3. The van der Waals surface area contributed by atoms with Crippen LogP contribution < -0.4 is 10.5 Å². The van der Waals surface area contributed by atoms with Gasteiger partial charge >= 0.3 is 6.61 Å². The molecule has 0 saturated carbocycles. The van der Waals surface area contributed by atoms with E-state index < -0.39 is 6.61 Å². The Labute approximate surface area is 127 Å². The molecule has 0 radical (unpaired) electrons. The maximum Gasteiger partial charge on any atom is 0.387 e. The van der Waals surface area contributed by atoms with Crippen LogP contribution in [0.3, 0.4) is 0 Å². The highest BCUT2D eigenvalue weighted by molar-refractivity contribution is 7.18. The van der Waals surface area contributed by atoms with E-state index in [2.05, 4.69) is 19.9 Å². The van der Waals surface area contributed by atoms with E-state index in [1.165, 1.54) is 17.4 Å². The van der Waals surface area contributed by atoms with Crippen LogP contribution in [0.25, 0.3) is 22.2 Å². The zero-order chi connectivity index (χ0) is 15.7. The van der Waals surface area contributed by atoms with Crippen LogP contribution in [-0.4, -0.2) is 21.7 Å². The second-order valence-corrected chi connectivity index (χ2v) is 5.30. The Morgan fingerprint density at radius 1 is 1.27 bits per heavy atom. The van der Waals surface area contributed by atoms with Gasteiger partial charge in [-0.3, -0.25) is 0 Å². The highest BCUT2D eigenvalue weighted by Gasteiger charge is 2.19. The third-order valence-corrected chi connectivity index (χ3v) is 3.75. The summed E-state index contributed by atoms with van der Waals surface area (Å²) < 4.78 is 34.5. The largest absolute Gasteiger partial charge is 0.434 e. The number of hydrogen-bond acceptors (Lipinski definition) is 7. The molecule has 0 amide bonds. The molecule has 0 spiro atoms. The Kier molecular flexibility index (Phi) is 3.72. The molecule has 0 unspecified atom stereocenters.